The summed E-state index contributed by atoms with van der Waals surface area (Å²) in [6.45, 7) is 38.5. The SMILES string of the molecule is C=C(NC1CCC(O)C1)C(C)C.CC(C)C(=O)N[C@@H]1CC[C@H](O)C1.CC(C)C(=O)N[C@H]1CC[C@@H](O)C1.COC1CC1NC(=O)C(C)C.COC1CCC(NC(=O)C(C)C)C1.CO[C@@H]1CC[C@@H](NC(=O)C(C)C)C1.CO[C@@H]1C[C@H]1NC(=O)C(C)C.CO[C@H]1CC[C@H](NC(=O)C(C)C)C1.CO[C@H]1C[C@@H]1NC(=O)C(C)C. The summed E-state index contributed by atoms with van der Waals surface area (Å²) in [6, 6.07) is 2.68. The largest absolute Gasteiger partial charge is 0.393 e. The fourth-order valence-corrected chi connectivity index (χ4v) is 12.2. The van der Waals surface area contributed by atoms with E-state index in [1.807, 2.05) is 111 Å². The second-order valence-corrected chi connectivity index (χ2v) is 33.6. The molecule has 9 fully saturated rings. The Balaban J connectivity index is 0.000000608. The van der Waals surface area contributed by atoms with Gasteiger partial charge in [-0.15, -0.1) is 0 Å². The maximum Gasteiger partial charge on any atom is 0.222 e. The van der Waals surface area contributed by atoms with Crippen molar-refractivity contribution in [2.75, 3.05) is 42.7 Å². The summed E-state index contributed by atoms with van der Waals surface area (Å²) in [5, 5.41) is 54.6. The van der Waals surface area contributed by atoms with Crippen LogP contribution in [0.5, 0.6) is 0 Å². The van der Waals surface area contributed by atoms with Gasteiger partial charge in [0.15, 0.2) is 0 Å². The molecule has 8 amide bonds. The van der Waals surface area contributed by atoms with Crippen LogP contribution in [0, 0.1) is 53.3 Å². The number of nitrogens with one attached hydrogen (secondary N) is 9. The molecule has 9 aliphatic rings. The highest BCUT2D eigenvalue weighted by Gasteiger charge is 2.41. The summed E-state index contributed by atoms with van der Waals surface area (Å²) in [5.74, 6) is 2.07. The zero-order valence-corrected chi connectivity index (χ0v) is 71.2. The van der Waals surface area contributed by atoms with Crippen molar-refractivity contribution in [3.05, 3.63) is 12.3 Å². The van der Waals surface area contributed by atoms with Crippen molar-refractivity contribution in [3.63, 3.8) is 0 Å². The normalized spacial score (nSPS) is 28.7. The highest BCUT2D eigenvalue weighted by Crippen LogP contribution is 2.29. The number of aliphatic hydroxyl groups excluding tert-OH is 3. The van der Waals surface area contributed by atoms with Gasteiger partial charge < -0.3 is 91.6 Å². The Kier molecular flexibility index (Phi) is 50.3. The van der Waals surface area contributed by atoms with Crippen LogP contribution in [-0.4, -0.2) is 215 Å². The Labute approximate surface area is 651 Å². The van der Waals surface area contributed by atoms with Crippen molar-refractivity contribution in [2.24, 2.45) is 53.3 Å². The number of carbonyl (C=O) groups is 8. The van der Waals surface area contributed by atoms with E-state index in [0.717, 1.165) is 141 Å². The first-order chi connectivity index (χ1) is 50.6. The molecule has 12 N–H and O–H groups in total. The number of rotatable bonds is 25. The van der Waals surface area contributed by atoms with Gasteiger partial charge in [0, 0.05) is 132 Å². The molecule has 26 nitrogen and oxygen atoms in total. The molecule has 0 bridgehead atoms. The molecule has 0 radical (unpaired) electrons. The maximum absolute atomic E-state index is 11.3. The van der Waals surface area contributed by atoms with Gasteiger partial charge in [0.2, 0.25) is 47.3 Å². The van der Waals surface area contributed by atoms with E-state index in [0.29, 0.717) is 48.4 Å². The van der Waals surface area contributed by atoms with Crippen LogP contribution >= 0.6 is 0 Å². The monoisotopic (exact) mass is 1540 g/mol. The molecule has 9 saturated carbocycles. The van der Waals surface area contributed by atoms with Crippen LogP contribution in [0.15, 0.2) is 12.3 Å². The van der Waals surface area contributed by atoms with Crippen LogP contribution in [0.25, 0.3) is 0 Å². The maximum atomic E-state index is 11.3. The summed E-state index contributed by atoms with van der Waals surface area (Å²) in [7, 11) is 10.2. The third-order valence-corrected chi connectivity index (χ3v) is 20.5. The van der Waals surface area contributed by atoms with Crippen molar-refractivity contribution >= 4 is 47.3 Å². The fraction of sp³-hybridized carbons (Fsp3) is 0.878. The van der Waals surface area contributed by atoms with E-state index < -0.39 is 0 Å². The van der Waals surface area contributed by atoms with E-state index in [1.54, 1.807) is 42.7 Å². The third-order valence-electron chi connectivity index (χ3n) is 20.5. The number of amides is 8. The number of ether oxygens (including phenoxy) is 6. The van der Waals surface area contributed by atoms with Crippen LogP contribution in [0.4, 0.5) is 0 Å². The molecule has 0 aliphatic heterocycles. The zero-order chi connectivity index (χ0) is 82.2. The lowest BCUT2D eigenvalue weighted by Crippen LogP contribution is -2.36. The first kappa shape index (κ1) is 101. The van der Waals surface area contributed by atoms with E-state index in [-0.39, 0.29) is 161 Å². The highest BCUT2D eigenvalue weighted by atomic mass is 16.5. The zero-order valence-electron chi connectivity index (χ0n) is 71.2. The first-order valence-corrected chi connectivity index (χ1v) is 40.7. The predicted octanol–water partition coefficient (Wildman–Crippen LogP) is 8.62. The molecule has 18 atom stereocenters. The van der Waals surface area contributed by atoms with Gasteiger partial charge in [-0.25, -0.2) is 0 Å². The minimum atomic E-state index is -0.206. The Morgan fingerprint density at radius 2 is 0.435 bits per heavy atom. The van der Waals surface area contributed by atoms with Crippen molar-refractivity contribution in [2.45, 2.75) is 369 Å². The van der Waals surface area contributed by atoms with Gasteiger partial charge in [0.1, 0.15) is 0 Å². The van der Waals surface area contributed by atoms with Crippen LogP contribution in [0.2, 0.25) is 0 Å². The number of hydrogen-bond acceptors (Lipinski definition) is 18. The summed E-state index contributed by atoms with van der Waals surface area (Å²) >= 11 is 0. The molecule has 0 saturated heterocycles. The topological polar surface area (TPSA) is 361 Å². The summed E-state index contributed by atoms with van der Waals surface area (Å²) in [4.78, 5) is 89.7. The van der Waals surface area contributed by atoms with Crippen LogP contribution in [0.1, 0.15) is 259 Å². The Hall–Kier alpha value is -5.06. The molecule has 26 heteroatoms. The molecule has 0 aromatic carbocycles. The Morgan fingerprint density at radius 1 is 0.250 bits per heavy atom. The van der Waals surface area contributed by atoms with E-state index >= 15 is 0 Å². The van der Waals surface area contributed by atoms with Crippen molar-refractivity contribution in [3.8, 4) is 0 Å². The fourth-order valence-electron chi connectivity index (χ4n) is 12.2. The second-order valence-electron chi connectivity index (χ2n) is 33.6. The molecule has 0 aromatic heterocycles. The van der Waals surface area contributed by atoms with Gasteiger partial charge in [-0.2, -0.15) is 0 Å². The van der Waals surface area contributed by atoms with Gasteiger partial charge >= 0.3 is 0 Å². The van der Waals surface area contributed by atoms with Crippen molar-refractivity contribution in [1.29, 1.82) is 0 Å². The highest BCUT2D eigenvalue weighted by molar-refractivity contribution is 5.81. The van der Waals surface area contributed by atoms with E-state index in [9.17, 15) is 53.7 Å². The molecule has 6 unspecified atom stereocenters. The Bertz CT molecular complexity index is 2320. The average molecular weight is 1540 g/mol. The average Bonchev–Trinajstić information content (AvgIpc) is 1.70. The van der Waals surface area contributed by atoms with E-state index in [1.165, 1.54) is 0 Å². The number of allylic oxidation sites excluding steroid dienone is 1. The number of hydrogen-bond donors (Lipinski definition) is 12. The standard InChI is InChI=1S/3C10H19NO2.C10H19NO.2C9H17NO2.3C8H15NO2/c3*1-7(2)10(12)11-8-4-5-9(6-8)13-3;1-7(2)8(3)11-9-4-5-10(12)6-9;2*1-6(2)9(12)10-7-3-4-8(11)5-7;3*1-5(2)8(10)9-6-4-7(6)11-3/h3*7-9H,4-6H2,1-3H3,(H,11,12);7,9-12H,3-6H2,1-2H3;2*6-8,11H,3-5H2,1-2H3,(H,10,12);3*5-7H,4H2,1-3H3,(H,9,10)/t2*8-,9-;;;2*7-,8+;2*6-,7-;/m10..1010./s1. The van der Waals surface area contributed by atoms with Gasteiger partial charge in [-0.05, 0) is 141 Å². The van der Waals surface area contributed by atoms with E-state index in [2.05, 4.69) is 68.3 Å². The number of carbonyl (C=O) groups excluding carboxylic acids is 8. The van der Waals surface area contributed by atoms with Gasteiger partial charge in [0.25, 0.3) is 0 Å². The van der Waals surface area contributed by atoms with Crippen LogP contribution in [-0.2, 0) is 66.8 Å². The molecule has 0 aromatic rings. The third kappa shape index (κ3) is 44.3. The molecule has 0 spiro atoms. The van der Waals surface area contributed by atoms with Gasteiger partial charge in [0.05, 0.1) is 73.1 Å². The molecule has 630 valence electrons. The molecular weight excluding hydrogens is 1380 g/mol. The molecule has 9 aliphatic carbocycles. The lowest BCUT2D eigenvalue weighted by molar-refractivity contribution is -0.125. The summed E-state index contributed by atoms with van der Waals surface area (Å²) < 4.78 is 30.8. The molecule has 108 heavy (non-hydrogen) atoms. The van der Waals surface area contributed by atoms with Crippen LogP contribution in [0.3, 0.4) is 0 Å². The summed E-state index contributed by atoms with van der Waals surface area (Å²) in [6.07, 6.45) is 21.3. The second kappa shape index (κ2) is 53.8. The lowest BCUT2D eigenvalue weighted by Gasteiger charge is -2.18. The molecule has 0 heterocycles. The minimum Gasteiger partial charge on any atom is -0.393 e. The minimum absolute atomic E-state index is 0.0442. The Morgan fingerprint density at radius 3 is 0.583 bits per heavy atom. The molecular formula is C82H155N9O17. The van der Waals surface area contributed by atoms with Crippen molar-refractivity contribution < 1.29 is 82.1 Å². The first-order valence-electron chi connectivity index (χ1n) is 40.7. The van der Waals surface area contributed by atoms with E-state index in [4.69, 9.17) is 28.4 Å². The summed E-state index contributed by atoms with van der Waals surface area (Å²) in [5.41, 5.74) is 1.09. The van der Waals surface area contributed by atoms with Crippen molar-refractivity contribution in [1.82, 2.24) is 47.9 Å². The predicted molar refractivity (Wildman–Crippen MR) is 425 cm³/mol. The smallest absolute Gasteiger partial charge is 0.222 e. The van der Waals surface area contributed by atoms with Gasteiger partial charge in [-0.3, -0.25) is 38.4 Å². The van der Waals surface area contributed by atoms with Crippen LogP contribution < -0.4 is 47.9 Å². The number of aliphatic hydroxyl groups is 3. The lowest BCUT2D eigenvalue weighted by atomic mass is 10.1. The number of methoxy groups -OCH3 is 6. The van der Waals surface area contributed by atoms with Gasteiger partial charge in [-0.1, -0.05) is 131 Å². The quantitative estimate of drug-likeness (QED) is 0.0407. The molecule has 9 rings (SSSR count).